The molecule has 0 unspecified atom stereocenters. The molecular formula is C24H26N6O3. The molecule has 2 aromatic carbocycles. The fourth-order valence-electron chi connectivity index (χ4n) is 3.92. The van der Waals surface area contributed by atoms with Gasteiger partial charge in [-0.2, -0.15) is 0 Å². The first kappa shape index (κ1) is 22.1. The van der Waals surface area contributed by atoms with Crippen molar-refractivity contribution in [3.8, 4) is 0 Å². The van der Waals surface area contributed by atoms with E-state index in [0.29, 0.717) is 6.42 Å². The Morgan fingerprint density at radius 1 is 0.848 bits per heavy atom. The lowest BCUT2D eigenvalue weighted by molar-refractivity contribution is -0.129. The number of aromatic amines is 2. The molecule has 9 heteroatoms. The second kappa shape index (κ2) is 9.58. The first-order valence-corrected chi connectivity index (χ1v) is 10.6. The zero-order chi connectivity index (χ0) is 23.4. The first-order chi connectivity index (χ1) is 15.9. The van der Waals surface area contributed by atoms with E-state index in [4.69, 9.17) is 11.5 Å². The number of nitrogens with two attached hydrogens (primary N) is 2. The Bertz CT molecular complexity index is 1310. The quantitative estimate of drug-likeness (QED) is 0.225. The van der Waals surface area contributed by atoms with Crippen molar-refractivity contribution >= 4 is 39.5 Å². The molecule has 0 saturated carbocycles. The minimum Gasteiger partial charge on any atom is -0.368 e. The number of nitrogens with one attached hydrogen (secondary N) is 4. The van der Waals surface area contributed by atoms with Crippen LogP contribution in [0.1, 0.15) is 11.1 Å². The molecule has 2 heterocycles. The Morgan fingerprint density at radius 2 is 1.39 bits per heavy atom. The first-order valence-electron chi connectivity index (χ1n) is 10.6. The van der Waals surface area contributed by atoms with E-state index in [1.165, 1.54) is 0 Å². The van der Waals surface area contributed by atoms with E-state index in [-0.39, 0.29) is 13.0 Å². The van der Waals surface area contributed by atoms with Crippen LogP contribution in [0.3, 0.4) is 0 Å². The molecule has 2 atom stereocenters. The summed E-state index contributed by atoms with van der Waals surface area (Å²) in [6.45, 7) is -0.307. The van der Waals surface area contributed by atoms with Gasteiger partial charge in [0.15, 0.2) is 0 Å². The molecule has 9 nitrogen and oxygen atoms in total. The molecule has 0 saturated heterocycles. The number of primary amides is 1. The molecule has 8 N–H and O–H groups in total. The highest BCUT2D eigenvalue weighted by Gasteiger charge is 2.22. The number of carbonyl (C=O) groups excluding carboxylic acids is 3. The normalized spacial score (nSPS) is 13.0. The maximum absolute atomic E-state index is 12.4. The molecule has 0 radical (unpaired) electrons. The van der Waals surface area contributed by atoms with Crippen molar-refractivity contribution in [2.75, 3.05) is 6.54 Å². The van der Waals surface area contributed by atoms with E-state index in [1.54, 1.807) is 6.20 Å². The van der Waals surface area contributed by atoms with Gasteiger partial charge in [0.1, 0.15) is 6.04 Å². The van der Waals surface area contributed by atoms with Crippen molar-refractivity contribution in [3.63, 3.8) is 0 Å². The van der Waals surface area contributed by atoms with Gasteiger partial charge in [0.25, 0.3) is 0 Å². The molecule has 0 spiro atoms. The van der Waals surface area contributed by atoms with E-state index < -0.39 is 29.8 Å². The number of H-pyrrole nitrogens is 2. The number of rotatable bonds is 9. The van der Waals surface area contributed by atoms with E-state index in [0.717, 1.165) is 32.9 Å². The largest absolute Gasteiger partial charge is 0.368 e. The maximum atomic E-state index is 12.4. The molecule has 0 bridgehead atoms. The smallest absolute Gasteiger partial charge is 0.240 e. The van der Waals surface area contributed by atoms with Crippen LogP contribution in [-0.2, 0) is 27.2 Å². The summed E-state index contributed by atoms with van der Waals surface area (Å²) in [5, 5.41) is 7.08. The van der Waals surface area contributed by atoms with Gasteiger partial charge < -0.3 is 32.1 Å². The monoisotopic (exact) mass is 446 g/mol. The molecule has 0 aliphatic heterocycles. The Hall–Kier alpha value is -4.11. The van der Waals surface area contributed by atoms with Crippen LogP contribution in [0.2, 0.25) is 0 Å². The third kappa shape index (κ3) is 5.04. The van der Waals surface area contributed by atoms with Gasteiger partial charge in [-0.05, 0) is 29.7 Å². The third-order valence-corrected chi connectivity index (χ3v) is 5.65. The summed E-state index contributed by atoms with van der Waals surface area (Å²) in [7, 11) is 0. The average Bonchev–Trinajstić information content (AvgIpc) is 3.41. The predicted molar refractivity (Wildman–Crippen MR) is 126 cm³/mol. The Labute approximate surface area is 189 Å². The number of aromatic nitrogens is 2. The van der Waals surface area contributed by atoms with Gasteiger partial charge in [0, 0.05) is 40.6 Å². The maximum Gasteiger partial charge on any atom is 0.240 e. The van der Waals surface area contributed by atoms with Crippen LogP contribution in [0.4, 0.5) is 0 Å². The zero-order valence-electron chi connectivity index (χ0n) is 17.9. The van der Waals surface area contributed by atoms with Crippen LogP contribution < -0.4 is 22.1 Å². The lowest BCUT2D eigenvalue weighted by Gasteiger charge is -2.16. The summed E-state index contributed by atoms with van der Waals surface area (Å²) in [5.74, 6) is -1.63. The third-order valence-electron chi connectivity index (χ3n) is 5.65. The van der Waals surface area contributed by atoms with Crippen molar-refractivity contribution < 1.29 is 14.4 Å². The van der Waals surface area contributed by atoms with E-state index in [9.17, 15) is 14.4 Å². The van der Waals surface area contributed by atoms with Gasteiger partial charge >= 0.3 is 0 Å². The van der Waals surface area contributed by atoms with Gasteiger partial charge in [-0.25, -0.2) is 0 Å². The second-order valence-corrected chi connectivity index (χ2v) is 7.97. The molecule has 4 rings (SSSR count). The minimum atomic E-state index is -0.909. The minimum absolute atomic E-state index is 0.235. The number of para-hydroxylation sites is 2. The fraction of sp³-hybridized carbons (Fsp3) is 0.208. The Balaban J connectivity index is 1.31. The highest BCUT2D eigenvalue weighted by molar-refractivity contribution is 5.92. The van der Waals surface area contributed by atoms with Crippen molar-refractivity contribution in [3.05, 3.63) is 72.1 Å². The van der Waals surface area contributed by atoms with Gasteiger partial charge in [-0.3, -0.25) is 14.4 Å². The van der Waals surface area contributed by atoms with Crippen LogP contribution in [0.25, 0.3) is 21.8 Å². The summed E-state index contributed by atoms with van der Waals surface area (Å²) >= 11 is 0. The van der Waals surface area contributed by atoms with Gasteiger partial charge in [0.05, 0.1) is 12.6 Å². The number of hydrogen-bond acceptors (Lipinski definition) is 4. The fourth-order valence-corrected chi connectivity index (χ4v) is 3.92. The molecule has 3 amide bonds. The van der Waals surface area contributed by atoms with Crippen LogP contribution >= 0.6 is 0 Å². The molecule has 0 fully saturated rings. The summed E-state index contributed by atoms with van der Waals surface area (Å²) in [4.78, 5) is 43.0. The van der Waals surface area contributed by atoms with Crippen molar-refractivity contribution in [2.45, 2.75) is 24.9 Å². The standard InChI is InChI=1S/C24H26N6O3/c25-18(9-14-11-27-19-7-3-1-5-16(14)19)24(33)29-13-22(31)30-21(23(26)32)10-15-12-28-20-8-4-2-6-17(15)20/h1-8,11-12,18,21,27-28H,9-10,13,25H2,(H2,26,32)(H,29,33)(H,30,31)/t18-,21+/m1/s1. The summed E-state index contributed by atoms with van der Waals surface area (Å²) in [6.07, 6.45) is 4.17. The van der Waals surface area contributed by atoms with Gasteiger partial charge in [-0.15, -0.1) is 0 Å². The van der Waals surface area contributed by atoms with Crippen molar-refractivity contribution in [1.82, 2.24) is 20.6 Å². The van der Waals surface area contributed by atoms with Crippen LogP contribution in [-0.4, -0.2) is 46.3 Å². The molecule has 4 aromatic rings. The number of fused-ring (bicyclic) bond motifs is 2. The molecule has 170 valence electrons. The highest BCUT2D eigenvalue weighted by atomic mass is 16.2. The molecule has 33 heavy (non-hydrogen) atoms. The Kier molecular flexibility index (Phi) is 6.41. The lowest BCUT2D eigenvalue weighted by atomic mass is 10.0. The van der Waals surface area contributed by atoms with E-state index >= 15 is 0 Å². The van der Waals surface area contributed by atoms with Crippen LogP contribution in [0.5, 0.6) is 0 Å². The van der Waals surface area contributed by atoms with Crippen molar-refractivity contribution in [2.24, 2.45) is 11.5 Å². The summed E-state index contributed by atoms with van der Waals surface area (Å²) < 4.78 is 0. The number of amides is 3. The Morgan fingerprint density at radius 3 is 1.97 bits per heavy atom. The molecular weight excluding hydrogens is 420 g/mol. The second-order valence-electron chi connectivity index (χ2n) is 7.97. The van der Waals surface area contributed by atoms with Crippen LogP contribution in [0.15, 0.2) is 60.9 Å². The van der Waals surface area contributed by atoms with Gasteiger partial charge in [-0.1, -0.05) is 36.4 Å². The van der Waals surface area contributed by atoms with E-state index in [2.05, 4.69) is 20.6 Å². The number of carbonyl (C=O) groups is 3. The van der Waals surface area contributed by atoms with Crippen LogP contribution in [0, 0.1) is 0 Å². The molecule has 0 aliphatic rings. The van der Waals surface area contributed by atoms with Crippen molar-refractivity contribution in [1.29, 1.82) is 0 Å². The number of hydrogen-bond donors (Lipinski definition) is 6. The predicted octanol–water partition coefficient (Wildman–Crippen LogP) is 0.848. The SMILES string of the molecule is NC(=O)[C@H](Cc1c[nH]c2ccccc12)NC(=O)CNC(=O)[C@H](N)Cc1c[nH]c2ccccc12. The molecule has 2 aromatic heterocycles. The van der Waals surface area contributed by atoms with E-state index in [1.807, 2.05) is 54.7 Å². The number of benzene rings is 2. The summed E-state index contributed by atoms with van der Waals surface area (Å²) in [5.41, 5.74) is 15.2. The topological polar surface area (TPSA) is 159 Å². The molecule has 0 aliphatic carbocycles. The average molecular weight is 447 g/mol. The zero-order valence-corrected chi connectivity index (χ0v) is 17.9. The lowest BCUT2D eigenvalue weighted by Crippen LogP contribution is -2.51. The highest BCUT2D eigenvalue weighted by Crippen LogP contribution is 2.20. The van der Waals surface area contributed by atoms with Gasteiger partial charge in [0.2, 0.25) is 17.7 Å². The summed E-state index contributed by atoms with van der Waals surface area (Å²) in [6, 6.07) is 13.7.